The molecule has 7 heteroatoms. The van der Waals surface area contributed by atoms with Gasteiger partial charge in [-0.15, -0.1) is 0 Å². The first-order chi connectivity index (χ1) is 13.8. The zero-order chi connectivity index (χ0) is 19.6. The Kier molecular flexibility index (Phi) is 8.23. The van der Waals surface area contributed by atoms with E-state index < -0.39 is 0 Å². The van der Waals surface area contributed by atoms with Crippen LogP contribution in [0.15, 0.2) is 36.5 Å². The van der Waals surface area contributed by atoms with Crippen LogP contribution in [0.1, 0.15) is 20.3 Å². The molecular weight excluding hydrogens is 370 g/mol. The Labute approximate surface area is 172 Å². The molecule has 28 heavy (non-hydrogen) atoms. The predicted molar refractivity (Wildman–Crippen MR) is 119 cm³/mol. The van der Waals surface area contributed by atoms with E-state index in [-0.39, 0.29) is 0 Å². The zero-order valence-corrected chi connectivity index (χ0v) is 17.7. The van der Waals surface area contributed by atoms with Crippen LogP contribution in [0, 0.1) is 0 Å². The van der Waals surface area contributed by atoms with Crippen molar-refractivity contribution in [3.05, 3.63) is 36.5 Å². The van der Waals surface area contributed by atoms with Gasteiger partial charge in [0.05, 0.1) is 6.61 Å². The molecule has 1 aromatic heterocycles. The monoisotopic (exact) mass is 401 g/mol. The lowest BCUT2D eigenvalue weighted by atomic mass is 10.3. The molecule has 1 N–H and O–H groups in total. The molecule has 1 aliphatic rings. The van der Waals surface area contributed by atoms with Crippen molar-refractivity contribution in [3.63, 3.8) is 0 Å². The van der Waals surface area contributed by atoms with E-state index in [0.717, 1.165) is 49.9 Å². The van der Waals surface area contributed by atoms with Gasteiger partial charge < -0.3 is 19.9 Å². The summed E-state index contributed by atoms with van der Waals surface area (Å²) in [4.78, 5) is 13.7. The lowest BCUT2D eigenvalue weighted by molar-refractivity contribution is 0.248. The minimum Gasteiger partial charge on any atom is -0.494 e. The van der Waals surface area contributed by atoms with Gasteiger partial charge in [-0.1, -0.05) is 0 Å². The number of nitrogens with zero attached hydrogens (tertiary/aromatic N) is 4. The molecule has 0 aliphatic carbocycles. The second kappa shape index (κ2) is 11.1. The Morgan fingerprint density at radius 3 is 2.57 bits per heavy atom. The summed E-state index contributed by atoms with van der Waals surface area (Å²) in [5.74, 6) is 4.97. The molecule has 0 bridgehead atoms. The van der Waals surface area contributed by atoms with E-state index in [2.05, 4.69) is 50.7 Å². The fourth-order valence-corrected chi connectivity index (χ4v) is 4.18. The Morgan fingerprint density at radius 2 is 1.86 bits per heavy atom. The van der Waals surface area contributed by atoms with E-state index in [0.29, 0.717) is 5.95 Å². The van der Waals surface area contributed by atoms with Crippen LogP contribution in [-0.2, 0) is 0 Å². The van der Waals surface area contributed by atoms with Crippen LogP contribution in [0.5, 0.6) is 5.75 Å². The molecule has 0 amide bonds. The summed E-state index contributed by atoms with van der Waals surface area (Å²) in [6, 6.07) is 9.94. The highest BCUT2D eigenvalue weighted by Gasteiger charge is 2.09. The summed E-state index contributed by atoms with van der Waals surface area (Å²) >= 11 is 2.05. The molecule has 0 unspecified atom stereocenters. The van der Waals surface area contributed by atoms with Gasteiger partial charge in [0, 0.05) is 56.1 Å². The Hall–Kier alpha value is -1.99. The second-order valence-corrected chi connectivity index (χ2v) is 7.94. The van der Waals surface area contributed by atoms with Gasteiger partial charge in [0.15, 0.2) is 0 Å². The van der Waals surface area contributed by atoms with Crippen molar-refractivity contribution in [2.75, 3.05) is 61.1 Å². The molecule has 0 radical (unpaired) electrons. The van der Waals surface area contributed by atoms with Gasteiger partial charge in [-0.05, 0) is 50.6 Å². The third kappa shape index (κ3) is 6.27. The smallest absolute Gasteiger partial charge is 0.229 e. The highest BCUT2D eigenvalue weighted by atomic mass is 32.2. The molecule has 2 heterocycles. The van der Waals surface area contributed by atoms with E-state index in [1.165, 1.54) is 24.6 Å². The lowest BCUT2D eigenvalue weighted by Gasteiger charge is -2.25. The van der Waals surface area contributed by atoms with Gasteiger partial charge in [0.1, 0.15) is 11.6 Å². The van der Waals surface area contributed by atoms with Crippen molar-refractivity contribution in [1.29, 1.82) is 0 Å². The van der Waals surface area contributed by atoms with E-state index in [4.69, 9.17) is 4.74 Å². The lowest BCUT2D eigenvalue weighted by Crippen LogP contribution is -2.33. The molecule has 1 fully saturated rings. The van der Waals surface area contributed by atoms with E-state index >= 15 is 0 Å². The molecule has 3 rings (SSSR count). The number of nitrogens with one attached hydrogen (secondary N) is 1. The molecule has 2 aromatic rings. The third-order valence-electron chi connectivity index (χ3n) is 4.83. The number of benzene rings is 1. The summed E-state index contributed by atoms with van der Waals surface area (Å²) < 4.78 is 5.88. The van der Waals surface area contributed by atoms with Crippen molar-refractivity contribution in [2.45, 2.75) is 20.3 Å². The molecule has 1 aromatic carbocycles. The van der Waals surface area contributed by atoms with Gasteiger partial charge in [0.2, 0.25) is 5.95 Å². The number of hydrogen-bond acceptors (Lipinski definition) is 7. The molecule has 152 valence electrons. The van der Waals surface area contributed by atoms with Gasteiger partial charge in [-0.3, -0.25) is 0 Å². The van der Waals surface area contributed by atoms with Crippen LogP contribution in [0.3, 0.4) is 0 Å². The topological polar surface area (TPSA) is 53.5 Å². The Morgan fingerprint density at radius 1 is 1.11 bits per heavy atom. The zero-order valence-electron chi connectivity index (χ0n) is 16.9. The molecule has 1 saturated heterocycles. The first-order valence-electron chi connectivity index (χ1n) is 10.2. The van der Waals surface area contributed by atoms with Gasteiger partial charge in [0.25, 0.3) is 0 Å². The minimum atomic E-state index is 0.609. The quantitative estimate of drug-likeness (QED) is 0.606. The largest absolute Gasteiger partial charge is 0.494 e. The van der Waals surface area contributed by atoms with E-state index in [9.17, 15) is 0 Å². The first kappa shape index (κ1) is 20.7. The van der Waals surface area contributed by atoms with Crippen LogP contribution in [0.2, 0.25) is 0 Å². The number of anilines is 3. The fourth-order valence-electron chi connectivity index (χ4n) is 3.20. The number of ether oxygens (including phenoxy) is 1. The normalized spacial score (nSPS) is 14.6. The molecular formula is C21H31N5OS. The summed E-state index contributed by atoms with van der Waals surface area (Å²) in [5, 5.41) is 3.27. The summed E-state index contributed by atoms with van der Waals surface area (Å²) in [7, 11) is 0. The number of aromatic nitrogens is 2. The van der Waals surface area contributed by atoms with Crippen molar-refractivity contribution in [3.8, 4) is 5.75 Å². The van der Waals surface area contributed by atoms with Crippen molar-refractivity contribution >= 4 is 29.2 Å². The van der Waals surface area contributed by atoms with Crippen LogP contribution >= 0.6 is 11.8 Å². The average molecular weight is 402 g/mol. The Balaban J connectivity index is 1.45. The van der Waals surface area contributed by atoms with Gasteiger partial charge >= 0.3 is 0 Å². The minimum absolute atomic E-state index is 0.609. The standard InChI is InChI=1S/C21H31N5OS/c1-3-26(4-2)20-10-11-22-21(24-20)23-18-6-8-19(9-7-18)27-15-5-12-25-13-16-28-17-14-25/h6-11H,3-5,12-17H2,1-2H3,(H,22,23,24). The average Bonchev–Trinajstić information content (AvgIpc) is 2.74. The van der Waals surface area contributed by atoms with Gasteiger partial charge in [-0.25, -0.2) is 4.98 Å². The SMILES string of the molecule is CCN(CC)c1ccnc(Nc2ccc(OCCCN3CCSCC3)cc2)n1. The maximum Gasteiger partial charge on any atom is 0.229 e. The van der Waals surface area contributed by atoms with E-state index in [1.54, 1.807) is 6.20 Å². The molecule has 0 atom stereocenters. The van der Waals surface area contributed by atoms with Crippen molar-refractivity contribution in [2.24, 2.45) is 0 Å². The Bertz CT molecular complexity index is 702. The van der Waals surface area contributed by atoms with Crippen molar-refractivity contribution in [1.82, 2.24) is 14.9 Å². The van der Waals surface area contributed by atoms with Crippen LogP contribution < -0.4 is 15.0 Å². The first-order valence-corrected chi connectivity index (χ1v) is 11.3. The number of hydrogen-bond donors (Lipinski definition) is 1. The molecule has 0 spiro atoms. The highest BCUT2D eigenvalue weighted by Crippen LogP contribution is 2.20. The summed E-state index contributed by atoms with van der Waals surface area (Å²) in [6.45, 7) is 10.4. The summed E-state index contributed by atoms with van der Waals surface area (Å²) in [5.41, 5.74) is 0.954. The maximum absolute atomic E-state index is 5.88. The van der Waals surface area contributed by atoms with Crippen LogP contribution in [0.25, 0.3) is 0 Å². The highest BCUT2D eigenvalue weighted by molar-refractivity contribution is 7.99. The molecule has 0 saturated carbocycles. The molecule has 1 aliphatic heterocycles. The van der Waals surface area contributed by atoms with Crippen LogP contribution in [-0.4, -0.2) is 65.7 Å². The summed E-state index contributed by atoms with van der Waals surface area (Å²) in [6.07, 6.45) is 2.86. The fraction of sp³-hybridized carbons (Fsp3) is 0.524. The number of rotatable bonds is 10. The third-order valence-corrected chi connectivity index (χ3v) is 5.77. The molecule has 6 nitrogen and oxygen atoms in total. The number of thioether (sulfide) groups is 1. The van der Waals surface area contributed by atoms with E-state index in [1.807, 2.05) is 30.3 Å². The predicted octanol–water partition coefficient (Wildman–Crippen LogP) is 3.88. The van der Waals surface area contributed by atoms with Crippen molar-refractivity contribution < 1.29 is 4.74 Å². The maximum atomic E-state index is 5.88. The second-order valence-electron chi connectivity index (χ2n) is 6.72. The van der Waals surface area contributed by atoms with Crippen LogP contribution in [0.4, 0.5) is 17.5 Å². The van der Waals surface area contributed by atoms with Gasteiger partial charge in [-0.2, -0.15) is 16.7 Å².